The first-order valence-electron chi connectivity index (χ1n) is 6.61. The maximum Gasteiger partial charge on any atom is 0.358 e. The summed E-state index contributed by atoms with van der Waals surface area (Å²) in [5, 5.41) is 15.8. The van der Waals surface area contributed by atoms with Crippen molar-refractivity contribution in [2.45, 2.75) is 18.4 Å². The summed E-state index contributed by atoms with van der Waals surface area (Å²) in [5.74, 6) is -0.946. The van der Waals surface area contributed by atoms with Crippen molar-refractivity contribution in [3.63, 3.8) is 0 Å². The minimum atomic E-state index is -3.76. The summed E-state index contributed by atoms with van der Waals surface area (Å²) in [6, 6.07) is 4.85. The summed E-state index contributed by atoms with van der Waals surface area (Å²) in [4.78, 5) is 10.7. The first kappa shape index (κ1) is 16.9. The molecule has 0 saturated carbocycles. The van der Waals surface area contributed by atoms with Crippen LogP contribution in [0.1, 0.15) is 16.1 Å². The first-order valence-corrected chi connectivity index (χ1v) is 8.09. The van der Waals surface area contributed by atoms with Crippen LogP contribution in [0.5, 0.6) is 5.75 Å². The van der Waals surface area contributed by atoms with Crippen LogP contribution < -0.4 is 9.46 Å². The Balaban J connectivity index is 2.07. The number of aryl methyl sites for hydroxylation is 1. The topological polar surface area (TPSA) is 123 Å². The van der Waals surface area contributed by atoms with Crippen LogP contribution in [0, 0.1) is 6.92 Å². The number of carboxylic acid groups (broad SMARTS) is 1. The predicted octanol–water partition coefficient (Wildman–Crippen LogP) is 0.272. The lowest BCUT2D eigenvalue weighted by atomic mass is 10.2. The number of ether oxygens (including phenoxy) is 1. The minimum Gasteiger partial charge on any atom is -0.495 e. The second-order valence-electron chi connectivity index (χ2n) is 4.72. The van der Waals surface area contributed by atoms with Gasteiger partial charge in [-0.05, 0) is 24.6 Å². The molecule has 0 radical (unpaired) electrons. The van der Waals surface area contributed by atoms with E-state index in [4.69, 9.17) is 9.84 Å². The molecule has 0 amide bonds. The van der Waals surface area contributed by atoms with Gasteiger partial charge < -0.3 is 9.84 Å². The number of sulfonamides is 1. The molecule has 10 heteroatoms. The van der Waals surface area contributed by atoms with E-state index < -0.39 is 16.0 Å². The molecule has 0 aliphatic heterocycles. The van der Waals surface area contributed by atoms with Gasteiger partial charge >= 0.3 is 5.97 Å². The van der Waals surface area contributed by atoms with Crippen LogP contribution in [-0.4, -0.2) is 48.1 Å². The van der Waals surface area contributed by atoms with E-state index in [1.54, 1.807) is 19.1 Å². The summed E-state index contributed by atoms with van der Waals surface area (Å²) >= 11 is 0. The highest BCUT2D eigenvalue weighted by atomic mass is 32.2. The fourth-order valence-corrected chi connectivity index (χ4v) is 3.14. The average molecular weight is 340 g/mol. The van der Waals surface area contributed by atoms with Gasteiger partial charge in [0.1, 0.15) is 10.6 Å². The average Bonchev–Trinajstić information content (AvgIpc) is 2.96. The van der Waals surface area contributed by atoms with E-state index >= 15 is 0 Å². The number of methoxy groups -OCH3 is 1. The van der Waals surface area contributed by atoms with E-state index in [1.807, 2.05) is 0 Å². The number of carboxylic acids is 1. The summed E-state index contributed by atoms with van der Waals surface area (Å²) in [6.07, 6.45) is 1.23. The van der Waals surface area contributed by atoms with E-state index in [1.165, 1.54) is 24.1 Å². The molecule has 124 valence electrons. The summed E-state index contributed by atoms with van der Waals surface area (Å²) in [7, 11) is -2.36. The number of hydrogen-bond donors (Lipinski definition) is 2. The third-order valence-corrected chi connectivity index (χ3v) is 4.48. The maximum atomic E-state index is 12.3. The van der Waals surface area contributed by atoms with E-state index in [0.717, 1.165) is 5.56 Å². The van der Waals surface area contributed by atoms with Crippen LogP contribution in [0.2, 0.25) is 0 Å². The highest BCUT2D eigenvalue weighted by Crippen LogP contribution is 2.24. The van der Waals surface area contributed by atoms with Crippen molar-refractivity contribution in [1.82, 2.24) is 19.7 Å². The molecule has 0 bridgehead atoms. The lowest BCUT2D eigenvalue weighted by Gasteiger charge is -2.11. The number of aromatic nitrogens is 3. The maximum absolute atomic E-state index is 12.3. The van der Waals surface area contributed by atoms with Crippen molar-refractivity contribution in [1.29, 1.82) is 0 Å². The van der Waals surface area contributed by atoms with Crippen LogP contribution in [0.25, 0.3) is 0 Å². The Kier molecular flexibility index (Phi) is 4.96. The normalized spacial score (nSPS) is 11.4. The molecular formula is C13H16N4O5S. The monoisotopic (exact) mass is 340 g/mol. The lowest BCUT2D eigenvalue weighted by Crippen LogP contribution is -2.28. The van der Waals surface area contributed by atoms with Crippen molar-refractivity contribution < 1.29 is 23.1 Å². The zero-order chi connectivity index (χ0) is 17.0. The largest absolute Gasteiger partial charge is 0.495 e. The second-order valence-corrected chi connectivity index (χ2v) is 6.46. The molecule has 23 heavy (non-hydrogen) atoms. The first-order chi connectivity index (χ1) is 10.8. The standard InChI is InChI=1S/C13H16N4O5S/c1-9-3-4-11(22-2)12(7-9)23(20,21)14-5-6-17-8-10(13(18)19)15-16-17/h3-4,7-8,14H,5-6H2,1-2H3,(H,18,19). The molecule has 2 aromatic rings. The molecule has 1 aromatic carbocycles. The molecule has 0 atom stereocenters. The van der Waals surface area contributed by atoms with Crippen LogP contribution in [0.15, 0.2) is 29.3 Å². The Hall–Kier alpha value is -2.46. The highest BCUT2D eigenvalue weighted by Gasteiger charge is 2.19. The molecule has 2 rings (SSSR count). The summed E-state index contributed by atoms with van der Waals surface area (Å²) in [5.41, 5.74) is 0.585. The molecule has 9 nitrogen and oxygen atoms in total. The van der Waals surface area contributed by atoms with Gasteiger partial charge in [0, 0.05) is 6.54 Å². The summed E-state index contributed by atoms with van der Waals surface area (Å²) in [6.45, 7) is 1.96. The van der Waals surface area contributed by atoms with Crippen molar-refractivity contribution in [2.24, 2.45) is 0 Å². The quantitative estimate of drug-likeness (QED) is 0.741. The van der Waals surface area contributed by atoms with Crippen LogP contribution in [-0.2, 0) is 16.6 Å². The number of carbonyl (C=O) groups is 1. The number of aromatic carboxylic acids is 1. The smallest absolute Gasteiger partial charge is 0.358 e. The van der Waals surface area contributed by atoms with Crippen molar-refractivity contribution in [2.75, 3.05) is 13.7 Å². The van der Waals surface area contributed by atoms with E-state index in [0.29, 0.717) is 0 Å². The summed E-state index contributed by atoms with van der Waals surface area (Å²) < 4.78 is 33.4. The molecule has 1 heterocycles. The zero-order valence-corrected chi connectivity index (χ0v) is 13.4. The zero-order valence-electron chi connectivity index (χ0n) is 12.6. The highest BCUT2D eigenvalue weighted by molar-refractivity contribution is 7.89. The Morgan fingerprint density at radius 2 is 2.17 bits per heavy atom. The van der Waals surface area contributed by atoms with Gasteiger partial charge in [0.25, 0.3) is 0 Å². The predicted molar refractivity (Wildman–Crippen MR) is 79.9 cm³/mol. The number of rotatable bonds is 7. The molecule has 0 spiro atoms. The van der Waals surface area contributed by atoms with Gasteiger partial charge in [-0.3, -0.25) is 4.68 Å². The van der Waals surface area contributed by atoms with Gasteiger partial charge in [-0.1, -0.05) is 11.3 Å². The fraction of sp³-hybridized carbons (Fsp3) is 0.308. The van der Waals surface area contributed by atoms with Crippen LogP contribution in [0.3, 0.4) is 0 Å². The molecule has 1 aromatic heterocycles. The third-order valence-electron chi connectivity index (χ3n) is 3.00. The van der Waals surface area contributed by atoms with Gasteiger partial charge in [0.15, 0.2) is 5.69 Å². The van der Waals surface area contributed by atoms with E-state index in [9.17, 15) is 13.2 Å². The molecule has 0 aliphatic carbocycles. The van der Waals surface area contributed by atoms with E-state index in [-0.39, 0.29) is 29.4 Å². The van der Waals surface area contributed by atoms with Gasteiger partial charge in [0.2, 0.25) is 10.0 Å². The fourth-order valence-electron chi connectivity index (χ4n) is 1.87. The molecule has 0 saturated heterocycles. The van der Waals surface area contributed by atoms with Gasteiger partial charge in [-0.25, -0.2) is 17.9 Å². The molecular weight excluding hydrogens is 324 g/mol. The Morgan fingerprint density at radius 1 is 1.43 bits per heavy atom. The van der Waals surface area contributed by atoms with Crippen molar-refractivity contribution >= 4 is 16.0 Å². The molecule has 2 N–H and O–H groups in total. The number of nitrogens with one attached hydrogen (secondary N) is 1. The molecule has 0 unspecified atom stereocenters. The van der Waals surface area contributed by atoms with Crippen LogP contribution >= 0.6 is 0 Å². The number of hydrogen-bond acceptors (Lipinski definition) is 6. The van der Waals surface area contributed by atoms with Gasteiger partial charge in [-0.15, -0.1) is 5.10 Å². The number of benzene rings is 1. The van der Waals surface area contributed by atoms with Crippen molar-refractivity contribution in [3.8, 4) is 5.75 Å². The van der Waals surface area contributed by atoms with Crippen molar-refractivity contribution in [3.05, 3.63) is 35.7 Å². The van der Waals surface area contributed by atoms with Gasteiger partial charge in [0.05, 0.1) is 19.9 Å². The Morgan fingerprint density at radius 3 is 2.78 bits per heavy atom. The second kappa shape index (κ2) is 6.75. The SMILES string of the molecule is COc1ccc(C)cc1S(=O)(=O)NCCn1cc(C(=O)O)nn1. The van der Waals surface area contributed by atoms with Crippen LogP contribution in [0.4, 0.5) is 0 Å². The molecule has 0 fully saturated rings. The Bertz CT molecular complexity index is 816. The lowest BCUT2D eigenvalue weighted by molar-refractivity contribution is 0.0690. The van der Waals surface area contributed by atoms with Gasteiger partial charge in [-0.2, -0.15) is 0 Å². The Labute approximate surface area is 132 Å². The number of nitrogens with zero attached hydrogens (tertiary/aromatic N) is 3. The third kappa shape index (κ3) is 4.05. The minimum absolute atomic E-state index is 0.0296. The molecule has 0 aliphatic rings. The van der Waals surface area contributed by atoms with E-state index in [2.05, 4.69) is 15.0 Å².